The van der Waals surface area contributed by atoms with Gasteiger partial charge < -0.3 is 18.7 Å². The molecular weight excluding hydrogens is 441 g/mol. The number of halogens is 1. The van der Waals surface area contributed by atoms with Crippen molar-refractivity contribution in [3.05, 3.63) is 108 Å². The van der Waals surface area contributed by atoms with Crippen LogP contribution in [0.5, 0.6) is 11.5 Å². The van der Waals surface area contributed by atoms with Crippen molar-refractivity contribution in [2.24, 2.45) is 0 Å². The molecule has 9 heteroatoms. The number of esters is 1. The monoisotopic (exact) mass is 461 g/mol. The third-order valence-corrected chi connectivity index (χ3v) is 4.43. The van der Waals surface area contributed by atoms with Gasteiger partial charge in [-0.3, -0.25) is 4.98 Å². The van der Waals surface area contributed by atoms with E-state index in [0.717, 1.165) is 11.3 Å². The molecule has 0 unspecified atom stereocenters. The Balaban J connectivity index is 1.19. The van der Waals surface area contributed by atoms with Gasteiger partial charge in [0.1, 0.15) is 23.9 Å². The Morgan fingerprint density at radius 2 is 1.65 bits per heavy atom. The van der Waals surface area contributed by atoms with E-state index >= 15 is 0 Å². The van der Waals surface area contributed by atoms with Gasteiger partial charge >= 0.3 is 5.97 Å². The molecule has 172 valence electrons. The van der Waals surface area contributed by atoms with Gasteiger partial charge in [-0.05, 0) is 60.2 Å². The molecular formula is C25H20FN3O5. The van der Waals surface area contributed by atoms with Gasteiger partial charge in [-0.15, -0.1) is 0 Å². The van der Waals surface area contributed by atoms with Gasteiger partial charge in [0.2, 0.25) is 5.82 Å². The highest BCUT2D eigenvalue weighted by Crippen LogP contribution is 2.15. The summed E-state index contributed by atoms with van der Waals surface area (Å²) < 4.78 is 34.2. The fourth-order valence-electron chi connectivity index (χ4n) is 2.75. The molecule has 2 aromatic carbocycles. The Morgan fingerprint density at radius 3 is 2.38 bits per heavy atom. The highest BCUT2D eigenvalue weighted by Gasteiger charge is 2.09. The van der Waals surface area contributed by atoms with Crippen molar-refractivity contribution >= 4 is 12.0 Å². The second kappa shape index (κ2) is 11.4. The minimum atomic E-state index is -0.558. The molecule has 0 aliphatic rings. The van der Waals surface area contributed by atoms with Crippen LogP contribution < -0.4 is 9.47 Å². The molecule has 4 rings (SSSR count). The lowest BCUT2D eigenvalue weighted by atomic mass is 10.2. The van der Waals surface area contributed by atoms with Crippen molar-refractivity contribution in [1.29, 1.82) is 0 Å². The number of ether oxygens (including phenoxy) is 3. The summed E-state index contributed by atoms with van der Waals surface area (Å²) in [7, 11) is 0. The first-order valence-corrected chi connectivity index (χ1v) is 10.3. The first-order valence-electron chi connectivity index (χ1n) is 10.3. The summed E-state index contributed by atoms with van der Waals surface area (Å²) in [5.41, 5.74) is 1.64. The zero-order valence-electron chi connectivity index (χ0n) is 18.0. The van der Waals surface area contributed by atoms with Crippen molar-refractivity contribution < 1.29 is 27.9 Å². The van der Waals surface area contributed by atoms with Crippen LogP contribution in [0.2, 0.25) is 0 Å². The quantitative estimate of drug-likeness (QED) is 0.251. The van der Waals surface area contributed by atoms with Crippen LogP contribution in [-0.2, 0) is 29.4 Å². The van der Waals surface area contributed by atoms with Crippen molar-refractivity contribution in [2.75, 3.05) is 0 Å². The smallest absolute Gasteiger partial charge is 0.331 e. The SMILES string of the molecule is O=C(/C=C/c1ccc(OCc2ccccn2)cc1)OCc1nc(COc2ccc(F)cc2)no1. The maximum Gasteiger partial charge on any atom is 0.331 e. The number of carbonyl (C=O) groups excluding carboxylic acids is 1. The Hall–Kier alpha value is -4.53. The standard InChI is InChI=1S/C25H20FN3O5/c26-19-7-11-22(12-8-19)32-16-23-28-24(34-29-23)17-33-25(30)13-6-18-4-9-21(10-5-18)31-15-20-3-1-2-14-27-20/h1-14H,15-17H2/b13-6+. The van der Waals surface area contributed by atoms with Crippen LogP contribution in [0.4, 0.5) is 4.39 Å². The van der Waals surface area contributed by atoms with E-state index < -0.39 is 5.97 Å². The lowest BCUT2D eigenvalue weighted by molar-refractivity contribution is -0.139. The summed E-state index contributed by atoms with van der Waals surface area (Å²) in [6, 6.07) is 18.5. The van der Waals surface area contributed by atoms with E-state index in [-0.39, 0.29) is 30.7 Å². The number of benzene rings is 2. The highest BCUT2D eigenvalue weighted by molar-refractivity contribution is 5.87. The lowest BCUT2D eigenvalue weighted by Crippen LogP contribution is -2.02. The Morgan fingerprint density at radius 1 is 0.912 bits per heavy atom. The van der Waals surface area contributed by atoms with Gasteiger partial charge in [-0.1, -0.05) is 23.4 Å². The average molecular weight is 461 g/mol. The fraction of sp³-hybridized carbons (Fsp3) is 0.120. The molecule has 0 aliphatic carbocycles. The van der Waals surface area contributed by atoms with E-state index in [4.69, 9.17) is 18.7 Å². The van der Waals surface area contributed by atoms with E-state index in [1.54, 1.807) is 12.3 Å². The van der Waals surface area contributed by atoms with Crippen molar-refractivity contribution in [3.8, 4) is 11.5 Å². The summed E-state index contributed by atoms with van der Waals surface area (Å²) in [5, 5.41) is 3.75. The third kappa shape index (κ3) is 6.99. The van der Waals surface area contributed by atoms with Crippen LogP contribution >= 0.6 is 0 Å². The molecule has 0 atom stereocenters. The summed E-state index contributed by atoms with van der Waals surface area (Å²) in [6.07, 6.45) is 4.65. The first-order chi connectivity index (χ1) is 16.6. The largest absolute Gasteiger partial charge is 0.487 e. The second-order valence-electron chi connectivity index (χ2n) is 6.97. The fourth-order valence-corrected chi connectivity index (χ4v) is 2.75. The number of carbonyl (C=O) groups is 1. The molecule has 0 saturated heterocycles. The Labute approximate surface area is 194 Å². The van der Waals surface area contributed by atoms with E-state index in [1.165, 1.54) is 30.3 Å². The van der Waals surface area contributed by atoms with Gasteiger partial charge in [0.15, 0.2) is 13.2 Å². The molecule has 0 amide bonds. The molecule has 2 aromatic heterocycles. The van der Waals surface area contributed by atoms with E-state index in [1.807, 2.05) is 42.5 Å². The second-order valence-corrected chi connectivity index (χ2v) is 6.97. The zero-order chi connectivity index (χ0) is 23.6. The first kappa shape index (κ1) is 22.7. The topological polar surface area (TPSA) is 96.6 Å². The number of hydrogen-bond acceptors (Lipinski definition) is 8. The molecule has 0 N–H and O–H groups in total. The summed E-state index contributed by atoms with van der Waals surface area (Å²) in [6.45, 7) is 0.232. The van der Waals surface area contributed by atoms with E-state index in [2.05, 4.69) is 15.1 Å². The molecule has 0 aliphatic heterocycles. The van der Waals surface area contributed by atoms with Gasteiger partial charge in [0, 0.05) is 12.3 Å². The third-order valence-electron chi connectivity index (χ3n) is 4.43. The average Bonchev–Trinajstić information content (AvgIpc) is 3.34. The number of pyridine rings is 1. The number of nitrogens with zero attached hydrogens (tertiary/aromatic N) is 3. The summed E-state index contributed by atoms with van der Waals surface area (Å²) in [5.74, 6) is 0.661. The van der Waals surface area contributed by atoms with Crippen molar-refractivity contribution in [1.82, 2.24) is 15.1 Å². The van der Waals surface area contributed by atoms with Crippen molar-refractivity contribution in [2.45, 2.75) is 19.8 Å². The predicted molar refractivity (Wildman–Crippen MR) is 119 cm³/mol. The molecule has 0 bridgehead atoms. The van der Waals surface area contributed by atoms with Crippen molar-refractivity contribution in [3.63, 3.8) is 0 Å². The molecule has 2 heterocycles. The molecule has 34 heavy (non-hydrogen) atoms. The van der Waals surface area contributed by atoms with Gasteiger partial charge in [-0.2, -0.15) is 4.98 Å². The zero-order valence-corrected chi connectivity index (χ0v) is 18.0. The molecule has 0 radical (unpaired) electrons. The number of hydrogen-bond donors (Lipinski definition) is 0. The molecule has 0 fully saturated rings. The Bertz CT molecular complexity index is 1230. The summed E-state index contributed by atoms with van der Waals surface area (Å²) >= 11 is 0. The van der Waals surface area contributed by atoms with E-state index in [0.29, 0.717) is 18.1 Å². The minimum absolute atomic E-state index is 0.0323. The molecule has 4 aromatic rings. The molecule has 0 saturated carbocycles. The van der Waals surface area contributed by atoms with Crippen LogP contribution in [-0.4, -0.2) is 21.1 Å². The minimum Gasteiger partial charge on any atom is -0.487 e. The van der Waals surface area contributed by atoms with Gasteiger partial charge in [0.05, 0.1) is 5.69 Å². The summed E-state index contributed by atoms with van der Waals surface area (Å²) in [4.78, 5) is 20.3. The van der Waals surface area contributed by atoms with Gasteiger partial charge in [0.25, 0.3) is 5.89 Å². The van der Waals surface area contributed by atoms with Crippen LogP contribution in [0.3, 0.4) is 0 Å². The normalized spacial score (nSPS) is 10.9. The van der Waals surface area contributed by atoms with Gasteiger partial charge in [-0.25, -0.2) is 9.18 Å². The van der Waals surface area contributed by atoms with Crippen LogP contribution in [0.1, 0.15) is 23.0 Å². The highest BCUT2D eigenvalue weighted by atomic mass is 19.1. The molecule has 0 spiro atoms. The number of rotatable bonds is 10. The maximum atomic E-state index is 12.9. The maximum absolute atomic E-state index is 12.9. The van der Waals surface area contributed by atoms with Crippen LogP contribution in [0.25, 0.3) is 6.08 Å². The number of aromatic nitrogens is 3. The molecule has 8 nitrogen and oxygen atoms in total. The van der Waals surface area contributed by atoms with Crippen LogP contribution in [0, 0.1) is 5.82 Å². The predicted octanol–water partition coefficient (Wildman–Crippen LogP) is 4.52. The lowest BCUT2D eigenvalue weighted by Gasteiger charge is -2.05. The van der Waals surface area contributed by atoms with Crippen LogP contribution in [0.15, 0.2) is 83.5 Å². The Kier molecular flexibility index (Phi) is 7.58. The van der Waals surface area contributed by atoms with E-state index in [9.17, 15) is 9.18 Å².